The summed E-state index contributed by atoms with van der Waals surface area (Å²) in [6, 6.07) is 14.1. The molecule has 0 unspecified atom stereocenters. The van der Waals surface area contributed by atoms with E-state index in [1.807, 2.05) is 30.3 Å². The standard InChI is InChI=1S/C24H27ClN4O3/c1-27(6-3-11-30)21-12-17-13-22-23(32-16-31-22)15-20(17)26-24(21)29-9-7-28(8-10-29)19-5-2-4-18(25)14-19/h2,4-5,12-15,30H,3,6-11,16H2,1H3. The maximum Gasteiger partial charge on any atom is 0.231 e. The summed E-state index contributed by atoms with van der Waals surface area (Å²) in [5.41, 5.74) is 3.10. The first-order valence-electron chi connectivity index (χ1n) is 10.9. The SMILES string of the molecule is CN(CCCO)c1cc2cc3c(cc2nc1N1CCN(c2cccc(Cl)c2)CC1)OCO3. The van der Waals surface area contributed by atoms with E-state index in [0.717, 1.165) is 77.3 Å². The van der Waals surface area contributed by atoms with Crippen molar-refractivity contribution in [1.29, 1.82) is 0 Å². The van der Waals surface area contributed by atoms with Gasteiger partial charge in [-0.05, 0) is 36.8 Å². The van der Waals surface area contributed by atoms with Crippen LogP contribution in [0.15, 0.2) is 42.5 Å². The fourth-order valence-electron chi connectivity index (χ4n) is 4.33. The van der Waals surface area contributed by atoms with E-state index in [1.54, 1.807) is 0 Å². The van der Waals surface area contributed by atoms with Crippen molar-refractivity contribution in [1.82, 2.24) is 4.98 Å². The summed E-state index contributed by atoms with van der Waals surface area (Å²) in [4.78, 5) is 11.9. The van der Waals surface area contributed by atoms with Crippen molar-refractivity contribution < 1.29 is 14.6 Å². The molecular formula is C24H27ClN4O3. The number of piperazine rings is 1. The smallest absolute Gasteiger partial charge is 0.231 e. The molecule has 0 atom stereocenters. The van der Waals surface area contributed by atoms with Crippen molar-refractivity contribution in [2.24, 2.45) is 0 Å². The minimum absolute atomic E-state index is 0.164. The van der Waals surface area contributed by atoms with Crippen molar-refractivity contribution in [3.05, 3.63) is 47.5 Å². The van der Waals surface area contributed by atoms with E-state index in [1.165, 1.54) is 0 Å². The molecule has 0 radical (unpaired) electrons. The number of nitrogens with zero attached hydrogens (tertiary/aromatic N) is 4. The van der Waals surface area contributed by atoms with Gasteiger partial charge in [-0.25, -0.2) is 4.98 Å². The topological polar surface area (TPSA) is 61.3 Å². The minimum Gasteiger partial charge on any atom is -0.454 e. The number of anilines is 3. The van der Waals surface area contributed by atoms with Crippen LogP contribution in [0.25, 0.3) is 10.9 Å². The first kappa shape index (κ1) is 21.0. The number of hydrogen-bond acceptors (Lipinski definition) is 7. The number of fused-ring (bicyclic) bond motifs is 2. The summed E-state index contributed by atoms with van der Waals surface area (Å²) in [5, 5.41) is 11.1. The van der Waals surface area contributed by atoms with Crippen LogP contribution in [0.3, 0.4) is 0 Å². The third kappa shape index (κ3) is 4.10. The molecule has 2 aromatic carbocycles. The molecular weight excluding hydrogens is 428 g/mol. The van der Waals surface area contributed by atoms with Gasteiger partial charge in [0.05, 0.1) is 11.2 Å². The molecule has 5 rings (SSSR count). The Morgan fingerprint density at radius 1 is 1.03 bits per heavy atom. The Kier molecular flexibility index (Phi) is 5.85. The second-order valence-corrected chi connectivity index (χ2v) is 8.62. The van der Waals surface area contributed by atoms with Crippen molar-refractivity contribution in [2.75, 3.05) is 67.9 Å². The first-order chi connectivity index (χ1) is 15.6. The highest BCUT2D eigenvalue weighted by molar-refractivity contribution is 6.30. The van der Waals surface area contributed by atoms with Gasteiger partial charge in [-0.3, -0.25) is 0 Å². The molecule has 0 amide bonds. The Bertz CT molecular complexity index is 1120. The van der Waals surface area contributed by atoms with Crippen LogP contribution >= 0.6 is 11.6 Å². The van der Waals surface area contributed by atoms with Crippen molar-refractivity contribution in [3.8, 4) is 11.5 Å². The van der Waals surface area contributed by atoms with Crippen LogP contribution in [0, 0.1) is 0 Å². The van der Waals surface area contributed by atoms with Gasteiger partial charge < -0.3 is 29.3 Å². The molecule has 8 heteroatoms. The highest BCUT2D eigenvalue weighted by Gasteiger charge is 2.24. The van der Waals surface area contributed by atoms with E-state index in [-0.39, 0.29) is 13.4 Å². The lowest BCUT2D eigenvalue weighted by molar-refractivity contribution is 0.174. The van der Waals surface area contributed by atoms with Crippen molar-refractivity contribution >= 4 is 39.7 Å². The molecule has 0 bridgehead atoms. The lowest BCUT2D eigenvalue weighted by atomic mass is 10.1. The van der Waals surface area contributed by atoms with Crippen LogP contribution < -0.4 is 24.2 Å². The molecule has 7 nitrogen and oxygen atoms in total. The van der Waals surface area contributed by atoms with Gasteiger partial charge >= 0.3 is 0 Å². The molecule has 1 N–H and O–H groups in total. The molecule has 168 valence electrons. The van der Waals surface area contributed by atoms with Gasteiger partial charge in [0, 0.05) is 68.5 Å². The number of hydrogen-bond donors (Lipinski definition) is 1. The maximum absolute atomic E-state index is 9.32. The highest BCUT2D eigenvalue weighted by Crippen LogP contribution is 2.39. The number of rotatable bonds is 6. The summed E-state index contributed by atoms with van der Waals surface area (Å²) in [6.45, 7) is 4.66. The molecule has 1 fully saturated rings. The third-order valence-electron chi connectivity index (χ3n) is 6.08. The molecule has 1 saturated heterocycles. The Labute approximate surface area is 192 Å². The number of aliphatic hydroxyl groups is 1. The number of pyridine rings is 1. The quantitative estimate of drug-likeness (QED) is 0.608. The van der Waals surface area contributed by atoms with Gasteiger partial charge in [0.1, 0.15) is 0 Å². The van der Waals surface area contributed by atoms with Crippen LogP contribution in [-0.2, 0) is 0 Å². The highest BCUT2D eigenvalue weighted by atomic mass is 35.5. The lowest BCUT2D eigenvalue weighted by Crippen LogP contribution is -2.47. The molecule has 0 spiro atoms. The summed E-state index contributed by atoms with van der Waals surface area (Å²) in [5.74, 6) is 2.46. The molecule has 2 aliphatic rings. The molecule has 2 aliphatic heterocycles. The molecule has 32 heavy (non-hydrogen) atoms. The second kappa shape index (κ2) is 8.92. The van der Waals surface area contributed by atoms with Gasteiger partial charge in [0.25, 0.3) is 0 Å². The Hall–Kier alpha value is -2.90. The first-order valence-corrected chi connectivity index (χ1v) is 11.3. The average Bonchev–Trinajstić information content (AvgIpc) is 3.27. The number of aromatic nitrogens is 1. The fourth-order valence-corrected chi connectivity index (χ4v) is 4.52. The van der Waals surface area contributed by atoms with Crippen LogP contribution in [0.2, 0.25) is 5.02 Å². The van der Waals surface area contributed by atoms with E-state index in [0.29, 0.717) is 6.42 Å². The second-order valence-electron chi connectivity index (χ2n) is 8.18. The maximum atomic E-state index is 9.32. The van der Waals surface area contributed by atoms with Gasteiger partial charge in [0.2, 0.25) is 6.79 Å². The fraction of sp³-hybridized carbons (Fsp3) is 0.375. The van der Waals surface area contributed by atoms with Gasteiger partial charge in [-0.15, -0.1) is 0 Å². The predicted molar refractivity (Wildman–Crippen MR) is 129 cm³/mol. The zero-order chi connectivity index (χ0) is 22.1. The van der Waals surface area contributed by atoms with E-state index in [4.69, 9.17) is 26.1 Å². The molecule has 3 heterocycles. The van der Waals surface area contributed by atoms with Crippen molar-refractivity contribution in [3.63, 3.8) is 0 Å². The monoisotopic (exact) mass is 454 g/mol. The summed E-state index contributed by atoms with van der Waals surface area (Å²) in [7, 11) is 2.05. The van der Waals surface area contributed by atoms with Gasteiger partial charge in [-0.1, -0.05) is 17.7 Å². The van der Waals surface area contributed by atoms with Gasteiger partial charge in [0.15, 0.2) is 17.3 Å². The summed E-state index contributed by atoms with van der Waals surface area (Å²) < 4.78 is 11.1. The zero-order valence-corrected chi connectivity index (χ0v) is 18.9. The summed E-state index contributed by atoms with van der Waals surface area (Å²) >= 11 is 6.19. The number of halogens is 1. The summed E-state index contributed by atoms with van der Waals surface area (Å²) in [6.07, 6.45) is 0.706. The Morgan fingerprint density at radius 3 is 2.53 bits per heavy atom. The molecule has 1 aromatic heterocycles. The van der Waals surface area contributed by atoms with Gasteiger partial charge in [-0.2, -0.15) is 0 Å². The van der Waals surface area contributed by atoms with Crippen LogP contribution in [0.1, 0.15) is 6.42 Å². The Balaban J connectivity index is 1.45. The van der Waals surface area contributed by atoms with E-state index < -0.39 is 0 Å². The number of benzene rings is 2. The Morgan fingerprint density at radius 2 is 1.78 bits per heavy atom. The van der Waals surface area contributed by atoms with Crippen molar-refractivity contribution in [2.45, 2.75) is 6.42 Å². The van der Waals surface area contributed by atoms with E-state index in [2.05, 4.69) is 33.9 Å². The normalized spacial score (nSPS) is 15.5. The van der Waals surface area contributed by atoms with Crippen LogP contribution in [-0.4, -0.2) is 63.3 Å². The lowest BCUT2D eigenvalue weighted by Gasteiger charge is -2.38. The van der Waals surface area contributed by atoms with E-state index >= 15 is 0 Å². The molecule has 3 aromatic rings. The van der Waals surface area contributed by atoms with Crippen LogP contribution in [0.4, 0.5) is 17.2 Å². The predicted octanol–water partition coefficient (Wildman–Crippen LogP) is 3.76. The van der Waals surface area contributed by atoms with E-state index in [9.17, 15) is 5.11 Å². The number of ether oxygens (including phenoxy) is 2. The molecule has 0 saturated carbocycles. The average molecular weight is 455 g/mol. The minimum atomic E-state index is 0.164. The number of aliphatic hydroxyl groups excluding tert-OH is 1. The zero-order valence-electron chi connectivity index (χ0n) is 18.1. The molecule has 0 aliphatic carbocycles. The largest absolute Gasteiger partial charge is 0.454 e. The van der Waals surface area contributed by atoms with Crippen LogP contribution in [0.5, 0.6) is 11.5 Å². The third-order valence-corrected chi connectivity index (χ3v) is 6.32.